The maximum atomic E-state index is 5.53. The van der Waals surface area contributed by atoms with Crippen molar-refractivity contribution in [3.63, 3.8) is 0 Å². The third kappa shape index (κ3) is 5.32. The summed E-state index contributed by atoms with van der Waals surface area (Å²) in [6.07, 6.45) is 0. The van der Waals surface area contributed by atoms with Crippen LogP contribution in [0.15, 0.2) is 194 Å². The molecule has 0 aliphatic heterocycles. The molecule has 0 spiro atoms. The van der Waals surface area contributed by atoms with Gasteiger partial charge in [-0.25, -0.2) is 9.97 Å². The number of hydrogen-bond donors (Lipinski definition) is 0. The number of nitrogens with zero attached hydrogens (tertiary/aromatic N) is 2. The summed E-state index contributed by atoms with van der Waals surface area (Å²) in [4.78, 5) is 11.9. The molecule has 3 heteroatoms. The summed E-state index contributed by atoms with van der Waals surface area (Å²) in [6, 6.07) is 69.6. The summed E-state index contributed by atoms with van der Waals surface area (Å²) < 4.78 is 1.25. The minimum absolute atomic E-state index is 0.727. The standard InChI is InChI=1S/C52H32N2S/c1-2-13-33(14-3-1)34-27-29-35(30-28-34)37-17-10-18-38(31-37)39-19-11-20-40(32-39)51-53-49(45-26-12-16-36-15-4-5-21-41(36)45)48-47-44-24-8-6-22-42(44)43-23-7-9-25-46(43)50(47)55-52(48)54-51/h1-32H. The maximum Gasteiger partial charge on any atom is 0.161 e. The number of benzene rings is 9. The Kier molecular flexibility index (Phi) is 7.39. The van der Waals surface area contributed by atoms with E-state index in [2.05, 4.69) is 194 Å². The summed E-state index contributed by atoms with van der Waals surface area (Å²) in [5.41, 5.74) is 10.2. The van der Waals surface area contributed by atoms with Gasteiger partial charge in [-0.2, -0.15) is 0 Å². The van der Waals surface area contributed by atoms with Crippen molar-refractivity contribution in [1.29, 1.82) is 0 Å². The lowest BCUT2D eigenvalue weighted by Gasteiger charge is -2.12. The normalized spacial score (nSPS) is 11.6. The fourth-order valence-corrected chi connectivity index (χ4v) is 9.49. The van der Waals surface area contributed by atoms with Gasteiger partial charge >= 0.3 is 0 Å². The minimum Gasteiger partial charge on any atom is -0.227 e. The highest BCUT2D eigenvalue weighted by atomic mass is 32.1. The van der Waals surface area contributed by atoms with Crippen LogP contribution in [0.4, 0.5) is 0 Å². The highest BCUT2D eigenvalue weighted by molar-refractivity contribution is 7.26. The van der Waals surface area contributed by atoms with Crippen molar-refractivity contribution < 1.29 is 0 Å². The van der Waals surface area contributed by atoms with Crippen molar-refractivity contribution in [3.05, 3.63) is 194 Å². The van der Waals surface area contributed by atoms with Crippen LogP contribution in [0.3, 0.4) is 0 Å². The molecule has 0 amide bonds. The molecular weight excluding hydrogens is 685 g/mol. The van der Waals surface area contributed by atoms with E-state index < -0.39 is 0 Å². The Bertz CT molecular complexity index is 3250. The van der Waals surface area contributed by atoms with Gasteiger partial charge in [0.1, 0.15) is 4.83 Å². The molecule has 0 fully saturated rings. The molecule has 11 aromatic rings. The minimum atomic E-state index is 0.727. The lowest BCUT2D eigenvalue weighted by Crippen LogP contribution is -1.95. The maximum absolute atomic E-state index is 5.53. The highest BCUT2D eigenvalue weighted by Crippen LogP contribution is 2.47. The fourth-order valence-electron chi connectivity index (χ4n) is 8.26. The van der Waals surface area contributed by atoms with Gasteiger partial charge in [-0.1, -0.05) is 182 Å². The second-order valence-corrected chi connectivity index (χ2v) is 15.1. The van der Waals surface area contributed by atoms with Crippen molar-refractivity contribution >= 4 is 64.0 Å². The summed E-state index contributed by atoms with van der Waals surface area (Å²) in [7, 11) is 0. The molecule has 2 heterocycles. The van der Waals surface area contributed by atoms with Crippen molar-refractivity contribution in [2.24, 2.45) is 0 Å². The zero-order valence-corrected chi connectivity index (χ0v) is 30.6. The second-order valence-electron chi connectivity index (χ2n) is 14.1. The van der Waals surface area contributed by atoms with Gasteiger partial charge in [-0.05, 0) is 72.4 Å². The lowest BCUT2D eigenvalue weighted by atomic mass is 9.94. The number of fused-ring (bicyclic) bond motifs is 9. The van der Waals surface area contributed by atoms with E-state index in [4.69, 9.17) is 9.97 Å². The molecule has 256 valence electrons. The molecule has 2 nitrogen and oxygen atoms in total. The van der Waals surface area contributed by atoms with Crippen LogP contribution in [0.1, 0.15) is 0 Å². The van der Waals surface area contributed by atoms with Crippen molar-refractivity contribution in [1.82, 2.24) is 9.97 Å². The monoisotopic (exact) mass is 716 g/mol. The van der Waals surface area contributed by atoms with Gasteiger partial charge in [-0.15, -0.1) is 11.3 Å². The van der Waals surface area contributed by atoms with Gasteiger partial charge in [0.2, 0.25) is 0 Å². The third-order valence-electron chi connectivity index (χ3n) is 10.9. The summed E-state index contributed by atoms with van der Waals surface area (Å²) in [6.45, 7) is 0. The van der Waals surface area contributed by atoms with E-state index in [1.807, 2.05) is 0 Å². The van der Waals surface area contributed by atoms with Crippen LogP contribution in [0.2, 0.25) is 0 Å². The molecular formula is C52H32N2S. The SMILES string of the molecule is c1ccc(-c2ccc(-c3cccc(-c4cccc(-c5nc(-c6cccc7ccccc67)c6c(n5)sc5c7ccccc7c7ccccc7c56)c4)c3)cc2)cc1. The van der Waals surface area contributed by atoms with Crippen molar-refractivity contribution in [2.75, 3.05) is 0 Å². The molecule has 0 saturated carbocycles. The van der Waals surface area contributed by atoms with Gasteiger partial charge in [0.15, 0.2) is 5.82 Å². The number of aromatic nitrogens is 2. The Hall–Kier alpha value is -6.94. The van der Waals surface area contributed by atoms with Crippen LogP contribution in [0, 0.1) is 0 Å². The lowest BCUT2D eigenvalue weighted by molar-refractivity contribution is 1.24. The zero-order valence-electron chi connectivity index (χ0n) is 29.8. The van der Waals surface area contributed by atoms with Gasteiger partial charge in [0, 0.05) is 32.0 Å². The van der Waals surface area contributed by atoms with E-state index in [0.717, 1.165) is 44.0 Å². The van der Waals surface area contributed by atoms with Crippen LogP contribution >= 0.6 is 11.3 Å². The first-order valence-electron chi connectivity index (χ1n) is 18.7. The molecule has 0 aliphatic rings. The van der Waals surface area contributed by atoms with Crippen LogP contribution in [-0.2, 0) is 0 Å². The van der Waals surface area contributed by atoms with E-state index in [0.29, 0.717) is 0 Å². The zero-order chi connectivity index (χ0) is 36.3. The Morgan fingerprint density at radius 3 is 1.56 bits per heavy atom. The Morgan fingerprint density at radius 1 is 0.327 bits per heavy atom. The Labute approximate surface area is 322 Å². The molecule has 55 heavy (non-hydrogen) atoms. The van der Waals surface area contributed by atoms with Gasteiger partial charge in [0.05, 0.1) is 5.69 Å². The average molecular weight is 717 g/mol. The quantitative estimate of drug-likeness (QED) is 0.166. The summed E-state index contributed by atoms with van der Waals surface area (Å²) >= 11 is 1.78. The summed E-state index contributed by atoms with van der Waals surface area (Å²) in [5.74, 6) is 0.727. The topological polar surface area (TPSA) is 25.8 Å². The molecule has 0 saturated heterocycles. The predicted octanol–water partition coefficient (Wildman–Crippen LogP) is 14.6. The number of hydrogen-bond acceptors (Lipinski definition) is 3. The summed E-state index contributed by atoms with van der Waals surface area (Å²) in [5, 5.41) is 9.72. The molecule has 0 unspecified atom stereocenters. The van der Waals surface area contributed by atoms with Crippen molar-refractivity contribution in [3.8, 4) is 56.0 Å². The predicted molar refractivity (Wildman–Crippen MR) is 235 cm³/mol. The van der Waals surface area contributed by atoms with E-state index in [-0.39, 0.29) is 0 Å². The molecule has 0 atom stereocenters. The fraction of sp³-hybridized carbons (Fsp3) is 0. The van der Waals surface area contributed by atoms with E-state index in [9.17, 15) is 0 Å². The van der Waals surface area contributed by atoms with Crippen LogP contribution in [-0.4, -0.2) is 9.97 Å². The smallest absolute Gasteiger partial charge is 0.161 e. The van der Waals surface area contributed by atoms with Crippen molar-refractivity contribution in [2.45, 2.75) is 0 Å². The van der Waals surface area contributed by atoms with Gasteiger partial charge in [0.25, 0.3) is 0 Å². The molecule has 0 N–H and O–H groups in total. The van der Waals surface area contributed by atoms with E-state index in [1.165, 1.54) is 64.7 Å². The molecule has 0 radical (unpaired) electrons. The van der Waals surface area contributed by atoms with Gasteiger partial charge < -0.3 is 0 Å². The first-order valence-corrected chi connectivity index (χ1v) is 19.5. The Morgan fingerprint density at radius 2 is 0.818 bits per heavy atom. The van der Waals surface area contributed by atoms with Crippen LogP contribution in [0.25, 0.3) is 109 Å². The second kappa shape index (κ2) is 12.9. The molecule has 0 bridgehead atoms. The third-order valence-corrected chi connectivity index (χ3v) is 12.0. The van der Waals surface area contributed by atoms with E-state index in [1.54, 1.807) is 11.3 Å². The number of thiophene rings is 1. The highest BCUT2D eigenvalue weighted by Gasteiger charge is 2.22. The molecule has 2 aromatic heterocycles. The molecule has 0 aliphatic carbocycles. The van der Waals surface area contributed by atoms with Crippen LogP contribution in [0.5, 0.6) is 0 Å². The average Bonchev–Trinajstić information content (AvgIpc) is 3.67. The largest absolute Gasteiger partial charge is 0.227 e. The molecule has 9 aromatic carbocycles. The number of rotatable bonds is 5. The van der Waals surface area contributed by atoms with Crippen LogP contribution < -0.4 is 0 Å². The molecule has 11 rings (SSSR count). The Balaban J connectivity index is 1.10. The first kappa shape index (κ1) is 31.6. The van der Waals surface area contributed by atoms with E-state index >= 15 is 0 Å². The first-order chi connectivity index (χ1) is 27.3. The van der Waals surface area contributed by atoms with Gasteiger partial charge in [-0.3, -0.25) is 0 Å².